The predicted octanol–water partition coefficient (Wildman–Crippen LogP) is 2.76. The van der Waals surface area contributed by atoms with Crippen LogP contribution in [0.3, 0.4) is 0 Å². The van der Waals surface area contributed by atoms with Crippen molar-refractivity contribution in [2.75, 3.05) is 13.1 Å². The maximum Gasteiger partial charge on any atom is 0.0712 e. The molecule has 0 aliphatic carbocycles. The van der Waals surface area contributed by atoms with Gasteiger partial charge in [0.15, 0.2) is 0 Å². The average Bonchev–Trinajstić information content (AvgIpc) is 2.26. The van der Waals surface area contributed by atoms with Gasteiger partial charge in [-0.3, -0.25) is 0 Å². The molecule has 2 rings (SSSR count). The van der Waals surface area contributed by atoms with Gasteiger partial charge in [0, 0.05) is 10.9 Å². The van der Waals surface area contributed by atoms with E-state index in [4.69, 9.17) is 11.6 Å². The number of hydrogen-bond donors (Lipinski definition) is 2. The van der Waals surface area contributed by atoms with E-state index in [1.165, 1.54) is 0 Å². The van der Waals surface area contributed by atoms with Crippen molar-refractivity contribution < 1.29 is 5.11 Å². The first-order chi connectivity index (χ1) is 7.61. The molecule has 2 N–H and O–H groups in total. The minimum atomic E-state index is -0.602. The van der Waals surface area contributed by atoms with Crippen molar-refractivity contribution >= 4 is 27.5 Å². The normalized spacial score (nSPS) is 19.7. The van der Waals surface area contributed by atoms with Gasteiger partial charge in [0.1, 0.15) is 0 Å². The Labute approximate surface area is 109 Å². The van der Waals surface area contributed by atoms with E-state index in [2.05, 4.69) is 21.2 Å². The quantitative estimate of drug-likeness (QED) is 0.880. The highest BCUT2D eigenvalue weighted by Gasteiger charge is 2.30. The summed E-state index contributed by atoms with van der Waals surface area (Å²) in [6, 6.07) is 5.85. The largest absolute Gasteiger partial charge is 0.389 e. The minimum absolute atomic E-state index is 0.602. The zero-order chi connectivity index (χ0) is 11.6. The molecule has 1 aliphatic rings. The molecule has 0 aromatic heterocycles. The average molecular weight is 305 g/mol. The van der Waals surface area contributed by atoms with E-state index < -0.39 is 5.60 Å². The Balaban J connectivity index is 2.16. The van der Waals surface area contributed by atoms with Crippen molar-refractivity contribution in [2.45, 2.75) is 24.9 Å². The van der Waals surface area contributed by atoms with E-state index in [9.17, 15) is 5.11 Å². The fourth-order valence-corrected chi connectivity index (χ4v) is 2.71. The van der Waals surface area contributed by atoms with Gasteiger partial charge in [-0.15, -0.1) is 0 Å². The van der Waals surface area contributed by atoms with Gasteiger partial charge in [-0.2, -0.15) is 0 Å². The van der Waals surface area contributed by atoms with Gasteiger partial charge in [-0.05, 0) is 53.5 Å². The summed E-state index contributed by atoms with van der Waals surface area (Å²) in [5, 5.41) is 14.4. The Bertz CT molecular complexity index is 377. The van der Waals surface area contributed by atoms with Crippen LogP contribution in [0.5, 0.6) is 0 Å². The number of hydrogen-bond acceptors (Lipinski definition) is 2. The van der Waals surface area contributed by atoms with Gasteiger partial charge >= 0.3 is 0 Å². The number of piperidine rings is 1. The van der Waals surface area contributed by atoms with Crippen molar-refractivity contribution in [3.05, 3.63) is 33.3 Å². The summed E-state index contributed by atoms with van der Waals surface area (Å²) >= 11 is 9.60. The zero-order valence-electron chi connectivity index (χ0n) is 8.97. The Morgan fingerprint density at radius 2 is 2.06 bits per heavy atom. The van der Waals surface area contributed by atoms with Crippen LogP contribution in [-0.4, -0.2) is 23.8 Å². The lowest BCUT2D eigenvalue weighted by Gasteiger charge is -2.33. The molecule has 0 radical (unpaired) electrons. The Morgan fingerprint density at radius 3 is 2.75 bits per heavy atom. The molecule has 16 heavy (non-hydrogen) atoms. The summed E-state index contributed by atoms with van der Waals surface area (Å²) in [7, 11) is 0. The monoisotopic (exact) mass is 303 g/mol. The van der Waals surface area contributed by atoms with Gasteiger partial charge in [0.25, 0.3) is 0 Å². The molecule has 0 unspecified atom stereocenters. The van der Waals surface area contributed by atoms with Crippen LogP contribution in [0, 0.1) is 0 Å². The Kier molecular flexibility index (Phi) is 3.90. The predicted molar refractivity (Wildman–Crippen MR) is 69.9 cm³/mol. The summed E-state index contributed by atoms with van der Waals surface area (Å²) in [5.41, 5.74) is 0.413. The van der Waals surface area contributed by atoms with Crippen LogP contribution in [-0.2, 0) is 6.42 Å². The van der Waals surface area contributed by atoms with E-state index >= 15 is 0 Å². The topological polar surface area (TPSA) is 32.3 Å². The fraction of sp³-hybridized carbons (Fsp3) is 0.500. The van der Waals surface area contributed by atoms with E-state index in [1.54, 1.807) is 0 Å². The first-order valence-corrected chi connectivity index (χ1v) is 6.64. The van der Waals surface area contributed by atoms with E-state index in [0.717, 1.165) is 41.0 Å². The molecule has 1 fully saturated rings. The van der Waals surface area contributed by atoms with E-state index in [-0.39, 0.29) is 0 Å². The van der Waals surface area contributed by atoms with Crippen LogP contribution < -0.4 is 5.32 Å². The van der Waals surface area contributed by atoms with Crippen LogP contribution >= 0.6 is 27.5 Å². The van der Waals surface area contributed by atoms with Crippen LogP contribution in [0.15, 0.2) is 22.7 Å². The minimum Gasteiger partial charge on any atom is -0.389 e. The second-order valence-corrected chi connectivity index (χ2v) is 5.60. The number of halogens is 2. The smallest absolute Gasteiger partial charge is 0.0712 e. The van der Waals surface area contributed by atoms with Crippen LogP contribution in [0.25, 0.3) is 0 Å². The van der Waals surface area contributed by atoms with Crippen molar-refractivity contribution in [1.29, 1.82) is 0 Å². The lowest BCUT2D eigenvalue weighted by atomic mass is 9.86. The SMILES string of the molecule is OC1(Cc2cccc(Br)c2Cl)CCNCC1. The number of aliphatic hydroxyl groups is 1. The van der Waals surface area contributed by atoms with Crippen molar-refractivity contribution in [3.63, 3.8) is 0 Å². The third-order valence-corrected chi connectivity index (χ3v) is 4.42. The summed E-state index contributed by atoms with van der Waals surface area (Å²) in [6.45, 7) is 1.75. The highest BCUT2D eigenvalue weighted by molar-refractivity contribution is 9.10. The van der Waals surface area contributed by atoms with Gasteiger partial charge in [-0.1, -0.05) is 23.7 Å². The van der Waals surface area contributed by atoms with Gasteiger partial charge in [0.2, 0.25) is 0 Å². The fourth-order valence-electron chi connectivity index (χ4n) is 2.11. The molecule has 0 amide bonds. The molecule has 88 valence electrons. The van der Waals surface area contributed by atoms with Crippen molar-refractivity contribution in [2.24, 2.45) is 0 Å². The standard InChI is InChI=1S/C12H15BrClNO/c13-10-3-1-2-9(11(10)14)8-12(16)4-6-15-7-5-12/h1-3,15-16H,4-8H2. The molecule has 1 aromatic rings. The molecular weight excluding hydrogens is 289 g/mol. The first-order valence-electron chi connectivity index (χ1n) is 5.47. The number of benzene rings is 1. The van der Waals surface area contributed by atoms with Gasteiger partial charge in [0.05, 0.1) is 10.6 Å². The lowest BCUT2D eigenvalue weighted by Crippen LogP contribution is -2.43. The second kappa shape index (κ2) is 5.05. The lowest BCUT2D eigenvalue weighted by molar-refractivity contribution is 0.0109. The third kappa shape index (κ3) is 2.77. The zero-order valence-corrected chi connectivity index (χ0v) is 11.3. The van der Waals surface area contributed by atoms with E-state index in [0.29, 0.717) is 6.42 Å². The summed E-state index contributed by atoms with van der Waals surface area (Å²) in [4.78, 5) is 0. The van der Waals surface area contributed by atoms with Crippen molar-refractivity contribution in [3.8, 4) is 0 Å². The molecule has 1 saturated heterocycles. The van der Waals surface area contributed by atoms with Crippen LogP contribution in [0.4, 0.5) is 0 Å². The molecule has 2 nitrogen and oxygen atoms in total. The molecule has 0 spiro atoms. The first kappa shape index (κ1) is 12.4. The summed E-state index contributed by atoms with van der Waals surface area (Å²) in [5.74, 6) is 0. The molecular formula is C12H15BrClNO. The molecule has 0 saturated carbocycles. The molecule has 1 aromatic carbocycles. The molecule has 0 bridgehead atoms. The maximum atomic E-state index is 10.4. The second-order valence-electron chi connectivity index (χ2n) is 4.36. The number of nitrogens with one attached hydrogen (secondary N) is 1. The van der Waals surface area contributed by atoms with Crippen LogP contribution in [0.2, 0.25) is 5.02 Å². The summed E-state index contributed by atoms with van der Waals surface area (Å²) < 4.78 is 0.893. The maximum absolute atomic E-state index is 10.4. The van der Waals surface area contributed by atoms with Gasteiger partial charge < -0.3 is 10.4 Å². The Morgan fingerprint density at radius 1 is 1.38 bits per heavy atom. The van der Waals surface area contributed by atoms with Crippen LogP contribution in [0.1, 0.15) is 18.4 Å². The molecule has 4 heteroatoms. The molecule has 1 heterocycles. The highest BCUT2D eigenvalue weighted by atomic mass is 79.9. The van der Waals surface area contributed by atoms with Crippen molar-refractivity contribution in [1.82, 2.24) is 5.32 Å². The molecule has 0 atom stereocenters. The third-order valence-electron chi connectivity index (χ3n) is 3.09. The van der Waals surface area contributed by atoms with E-state index in [1.807, 2.05) is 18.2 Å². The molecule has 1 aliphatic heterocycles. The Hall–Kier alpha value is -0.0900. The highest BCUT2D eigenvalue weighted by Crippen LogP contribution is 2.31. The summed E-state index contributed by atoms with van der Waals surface area (Å²) in [6.07, 6.45) is 2.21. The number of rotatable bonds is 2. The van der Waals surface area contributed by atoms with Gasteiger partial charge in [-0.25, -0.2) is 0 Å².